The molecule has 2 aromatic heterocycles. The molecule has 0 bridgehead atoms. The van der Waals surface area contributed by atoms with Crippen LogP contribution in [0.1, 0.15) is 5.56 Å². The third-order valence-electron chi connectivity index (χ3n) is 4.30. The van der Waals surface area contributed by atoms with Crippen LogP contribution in [-0.4, -0.2) is 14.8 Å². The molecule has 4 aromatic rings. The van der Waals surface area contributed by atoms with Gasteiger partial charge in [-0.05, 0) is 48.4 Å². The van der Waals surface area contributed by atoms with Gasteiger partial charge in [0.15, 0.2) is 0 Å². The van der Waals surface area contributed by atoms with Gasteiger partial charge in [-0.25, -0.2) is 4.39 Å². The Kier molecular flexibility index (Phi) is 3.38. The first-order valence-electron chi connectivity index (χ1n) is 7.77. The van der Waals surface area contributed by atoms with Crippen molar-refractivity contribution in [1.82, 2.24) is 14.8 Å². The summed E-state index contributed by atoms with van der Waals surface area (Å²) in [4.78, 5) is 4.54. The fraction of sp³-hybridized carbons (Fsp3) is 0.100. The van der Waals surface area contributed by atoms with E-state index in [2.05, 4.69) is 28.3 Å². The molecule has 0 saturated carbocycles. The van der Waals surface area contributed by atoms with Gasteiger partial charge in [-0.3, -0.25) is 9.67 Å². The largest absolute Gasteiger partial charge is 0.268 e. The average Bonchev–Trinajstić information content (AvgIpc) is 2.98. The molecule has 4 rings (SSSR count). The van der Waals surface area contributed by atoms with Crippen molar-refractivity contribution in [3.63, 3.8) is 0 Å². The van der Waals surface area contributed by atoms with Crippen LogP contribution in [-0.2, 0) is 7.05 Å². The number of hydrogen-bond acceptors (Lipinski definition) is 2. The van der Waals surface area contributed by atoms with Gasteiger partial charge in [0.1, 0.15) is 5.82 Å². The Morgan fingerprint density at radius 1 is 1.00 bits per heavy atom. The van der Waals surface area contributed by atoms with E-state index in [9.17, 15) is 4.39 Å². The number of aromatic nitrogens is 3. The molecule has 3 nitrogen and oxygen atoms in total. The Morgan fingerprint density at radius 2 is 1.83 bits per heavy atom. The molecule has 0 amide bonds. The van der Waals surface area contributed by atoms with Crippen LogP contribution < -0.4 is 0 Å². The minimum atomic E-state index is -0.201. The van der Waals surface area contributed by atoms with Gasteiger partial charge in [0.2, 0.25) is 0 Å². The highest BCUT2D eigenvalue weighted by Crippen LogP contribution is 2.32. The summed E-state index contributed by atoms with van der Waals surface area (Å²) < 4.78 is 15.4. The van der Waals surface area contributed by atoms with Crippen LogP contribution in [0.3, 0.4) is 0 Å². The number of benzene rings is 2. The van der Waals surface area contributed by atoms with Crippen molar-refractivity contribution in [2.75, 3.05) is 0 Å². The maximum atomic E-state index is 13.6. The maximum Gasteiger partial charge on any atom is 0.126 e. The molecule has 0 N–H and O–H groups in total. The topological polar surface area (TPSA) is 30.7 Å². The molecule has 4 heteroatoms. The molecule has 0 fully saturated rings. The van der Waals surface area contributed by atoms with E-state index in [1.54, 1.807) is 19.2 Å². The molecular weight excluding hydrogens is 301 g/mol. The molecule has 0 atom stereocenters. The summed E-state index contributed by atoms with van der Waals surface area (Å²) in [6.07, 6.45) is 3.62. The second kappa shape index (κ2) is 5.57. The van der Waals surface area contributed by atoms with E-state index in [1.165, 1.54) is 6.07 Å². The lowest BCUT2D eigenvalue weighted by molar-refractivity contribution is 0.619. The summed E-state index contributed by atoms with van der Waals surface area (Å²) in [6, 6.07) is 15.3. The molecule has 0 radical (unpaired) electrons. The molecule has 24 heavy (non-hydrogen) atoms. The van der Waals surface area contributed by atoms with Gasteiger partial charge in [0.25, 0.3) is 0 Å². The number of nitrogens with zero attached hydrogens (tertiary/aromatic N) is 3. The lowest BCUT2D eigenvalue weighted by Crippen LogP contribution is -1.92. The van der Waals surface area contributed by atoms with Crippen LogP contribution in [0.15, 0.2) is 60.9 Å². The van der Waals surface area contributed by atoms with Gasteiger partial charge < -0.3 is 0 Å². The van der Waals surface area contributed by atoms with E-state index in [-0.39, 0.29) is 5.82 Å². The summed E-state index contributed by atoms with van der Waals surface area (Å²) in [5.74, 6) is -0.201. The number of halogens is 1. The second-order valence-corrected chi connectivity index (χ2v) is 5.91. The normalized spacial score (nSPS) is 11.1. The predicted molar refractivity (Wildman–Crippen MR) is 94.1 cm³/mol. The summed E-state index contributed by atoms with van der Waals surface area (Å²) in [5, 5.41) is 5.39. The number of pyridine rings is 1. The average molecular weight is 317 g/mol. The van der Waals surface area contributed by atoms with Gasteiger partial charge in [-0.15, -0.1) is 0 Å². The first-order chi connectivity index (χ1) is 11.6. The lowest BCUT2D eigenvalue weighted by atomic mass is 9.97. The first kappa shape index (κ1) is 14.6. The molecular formula is C20H16FN3. The zero-order chi connectivity index (χ0) is 16.7. The predicted octanol–water partition coefficient (Wildman–Crippen LogP) is 4.75. The number of rotatable bonds is 2. The third-order valence-corrected chi connectivity index (χ3v) is 4.30. The van der Waals surface area contributed by atoms with Crippen molar-refractivity contribution in [2.45, 2.75) is 6.92 Å². The fourth-order valence-corrected chi connectivity index (χ4v) is 2.97. The van der Waals surface area contributed by atoms with Crippen LogP contribution in [0, 0.1) is 12.7 Å². The summed E-state index contributed by atoms with van der Waals surface area (Å²) in [7, 11) is 1.93. The Balaban J connectivity index is 1.91. The molecule has 0 aliphatic rings. The Labute approximate surface area is 139 Å². The molecule has 0 saturated heterocycles. The van der Waals surface area contributed by atoms with Crippen LogP contribution in [0.4, 0.5) is 4.39 Å². The van der Waals surface area contributed by atoms with E-state index < -0.39 is 0 Å². The summed E-state index contributed by atoms with van der Waals surface area (Å²) in [6.45, 7) is 1.77. The molecule has 118 valence electrons. The van der Waals surface area contributed by atoms with Gasteiger partial charge in [-0.1, -0.05) is 18.2 Å². The fourth-order valence-electron chi connectivity index (χ4n) is 2.97. The number of aryl methyl sites for hydroxylation is 2. The van der Waals surface area contributed by atoms with E-state index in [1.807, 2.05) is 36.1 Å². The van der Waals surface area contributed by atoms with Crippen LogP contribution >= 0.6 is 0 Å². The summed E-state index contributed by atoms with van der Waals surface area (Å²) >= 11 is 0. The minimum Gasteiger partial charge on any atom is -0.268 e. The molecule has 0 spiro atoms. The first-order valence-corrected chi connectivity index (χ1v) is 7.77. The molecule has 0 aliphatic heterocycles. The standard InChI is InChI=1S/C20H16FN3/c1-13-10-15(7-8-18(13)21)20-17(4-3-9-22-20)14-5-6-16-12-23-24(2)19(16)11-14/h3-12H,1-2H3. The van der Waals surface area contributed by atoms with E-state index >= 15 is 0 Å². The van der Waals surface area contributed by atoms with Crippen molar-refractivity contribution in [1.29, 1.82) is 0 Å². The Morgan fingerprint density at radius 3 is 2.67 bits per heavy atom. The lowest BCUT2D eigenvalue weighted by Gasteiger charge is -2.10. The SMILES string of the molecule is Cc1cc(-c2ncccc2-c2ccc3cnn(C)c3c2)ccc1F. The highest BCUT2D eigenvalue weighted by Gasteiger charge is 2.11. The zero-order valence-electron chi connectivity index (χ0n) is 13.5. The molecule has 0 aliphatic carbocycles. The van der Waals surface area contributed by atoms with Gasteiger partial charge >= 0.3 is 0 Å². The van der Waals surface area contributed by atoms with Crippen molar-refractivity contribution in [2.24, 2.45) is 7.05 Å². The smallest absolute Gasteiger partial charge is 0.126 e. The number of fused-ring (bicyclic) bond motifs is 1. The zero-order valence-corrected chi connectivity index (χ0v) is 13.5. The van der Waals surface area contributed by atoms with Crippen molar-refractivity contribution in [3.05, 3.63) is 72.3 Å². The molecule has 0 unspecified atom stereocenters. The maximum absolute atomic E-state index is 13.6. The van der Waals surface area contributed by atoms with Crippen LogP contribution in [0.25, 0.3) is 33.3 Å². The van der Waals surface area contributed by atoms with Gasteiger partial charge in [0.05, 0.1) is 17.4 Å². The van der Waals surface area contributed by atoms with Crippen molar-refractivity contribution < 1.29 is 4.39 Å². The van der Waals surface area contributed by atoms with Crippen LogP contribution in [0.2, 0.25) is 0 Å². The highest BCUT2D eigenvalue weighted by molar-refractivity contribution is 5.88. The number of hydrogen-bond donors (Lipinski definition) is 0. The third kappa shape index (κ3) is 2.36. The summed E-state index contributed by atoms with van der Waals surface area (Å²) in [5.41, 5.74) is 5.53. The highest BCUT2D eigenvalue weighted by atomic mass is 19.1. The monoisotopic (exact) mass is 317 g/mol. The van der Waals surface area contributed by atoms with Gasteiger partial charge in [0, 0.05) is 29.8 Å². The Bertz CT molecular complexity index is 1050. The minimum absolute atomic E-state index is 0.201. The van der Waals surface area contributed by atoms with E-state index in [0.29, 0.717) is 5.56 Å². The van der Waals surface area contributed by atoms with E-state index in [4.69, 9.17) is 0 Å². The van der Waals surface area contributed by atoms with E-state index in [0.717, 1.165) is 33.3 Å². The van der Waals surface area contributed by atoms with Crippen molar-refractivity contribution in [3.8, 4) is 22.4 Å². The molecule has 2 aromatic carbocycles. The van der Waals surface area contributed by atoms with Crippen LogP contribution in [0.5, 0.6) is 0 Å². The Hall–Kier alpha value is -3.01. The quantitative estimate of drug-likeness (QED) is 0.534. The second-order valence-electron chi connectivity index (χ2n) is 5.91. The van der Waals surface area contributed by atoms with Gasteiger partial charge in [-0.2, -0.15) is 5.10 Å². The molecule has 2 heterocycles. The van der Waals surface area contributed by atoms with Crippen molar-refractivity contribution >= 4 is 10.9 Å².